The van der Waals surface area contributed by atoms with Crippen LogP contribution in [0.2, 0.25) is 5.02 Å². The molecule has 1 aromatic carbocycles. The lowest BCUT2D eigenvalue weighted by atomic mass is 10.3. The van der Waals surface area contributed by atoms with E-state index >= 15 is 0 Å². The number of aryl methyl sites for hydroxylation is 1. The van der Waals surface area contributed by atoms with Crippen LogP contribution < -0.4 is 5.48 Å². The van der Waals surface area contributed by atoms with Crippen LogP contribution in [0.4, 0.5) is 10.1 Å². The molecule has 0 amide bonds. The van der Waals surface area contributed by atoms with Crippen LogP contribution in [0.5, 0.6) is 0 Å². The van der Waals surface area contributed by atoms with Gasteiger partial charge in [-0.25, -0.2) is 14.0 Å². The molecule has 0 fully saturated rings. The van der Waals surface area contributed by atoms with Crippen LogP contribution in [-0.2, 0) is 6.54 Å². The third kappa shape index (κ3) is 3.36. The highest BCUT2D eigenvalue weighted by atomic mass is 35.5. The fourth-order valence-corrected chi connectivity index (χ4v) is 2.00. The van der Waals surface area contributed by atoms with E-state index in [1.807, 2.05) is 5.48 Å². The summed E-state index contributed by atoms with van der Waals surface area (Å²) in [7, 11) is 0. The standard InChI is InChI=1S/C12H10ClFN8O2/c1-6-16-21-22(17-6)5-10-11(20-24-19-10)12(18-23)15-7-2-3-9(14)8(13)4-7/h2-4,23H,5H2,1H3,(H,15,18). The topological polar surface area (TPSA) is 127 Å². The van der Waals surface area contributed by atoms with Gasteiger partial charge >= 0.3 is 0 Å². The van der Waals surface area contributed by atoms with Gasteiger partial charge in [0.05, 0.1) is 10.7 Å². The van der Waals surface area contributed by atoms with Gasteiger partial charge in [0.15, 0.2) is 17.4 Å². The molecule has 0 radical (unpaired) electrons. The van der Waals surface area contributed by atoms with Gasteiger partial charge in [0.1, 0.15) is 18.1 Å². The Kier molecular flexibility index (Phi) is 4.44. The second-order valence-corrected chi connectivity index (χ2v) is 5.00. The van der Waals surface area contributed by atoms with E-state index in [4.69, 9.17) is 11.6 Å². The Bertz CT molecular complexity index is 893. The maximum absolute atomic E-state index is 13.2. The molecule has 10 nitrogen and oxygen atoms in total. The third-order valence-corrected chi connectivity index (χ3v) is 3.16. The highest BCUT2D eigenvalue weighted by Crippen LogP contribution is 2.22. The SMILES string of the molecule is Cc1nnn(Cc2nonc2C(=Nc2ccc(F)c(Cl)c2)NO)n1. The van der Waals surface area contributed by atoms with E-state index < -0.39 is 5.82 Å². The van der Waals surface area contributed by atoms with Gasteiger partial charge in [-0.2, -0.15) is 4.80 Å². The first-order chi connectivity index (χ1) is 11.6. The molecule has 2 aromatic heterocycles. The van der Waals surface area contributed by atoms with Gasteiger partial charge < -0.3 is 0 Å². The number of hydrogen-bond donors (Lipinski definition) is 2. The number of hydroxylamine groups is 1. The lowest BCUT2D eigenvalue weighted by Gasteiger charge is -2.03. The first-order valence-corrected chi connectivity index (χ1v) is 6.94. The van der Waals surface area contributed by atoms with Crippen molar-refractivity contribution in [3.63, 3.8) is 0 Å². The molecule has 3 rings (SSSR count). The molecule has 12 heteroatoms. The van der Waals surface area contributed by atoms with Crippen LogP contribution in [0.15, 0.2) is 27.8 Å². The van der Waals surface area contributed by atoms with Gasteiger partial charge in [0, 0.05) is 0 Å². The summed E-state index contributed by atoms with van der Waals surface area (Å²) in [6.07, 6.45) is 0. The monoisotopic (exact) mass is 352 g/mol. The lowest BCUT2D eigenvalue weighted by Crippen LogP contribution is -2.23. The predicted molar refractivity (Wildman–Crippen MR) is 78.5 cm³/mol. The van der Waals surface area contributed by atoms with Crippen molar-refractivity contribution in [2.24, 2.45) is 4.99 Å². The fraction of sp³-hybridized carbons (Fsp3) is 0.167. The molecule has 0 aliphatic carbocycles. The molecule has 0 saturated heterocycles. The van der Waals surface area contributed by atoms with Crippen LogP contribution in [0.3, 0.4) is 0 Å². The average Bonchev–Trinajstić information content (AvgIpc) is 3.18. The molecule has 0 unspecified atom stereocenters. The number of nitrogens with zero attached hydrogens (tertiary/aromatic N) is 7. The first kappa shape index (κ1) is 16.0. The minimum absolute atomic E-state index is 0.0641. The summed E-state index contributed by atoms with van der Waals surface area (Å²) >= 11 is 5.71. The Labute approximate surface area is 138 Å². The van der Waals surface area contributed by atoms with Crippen molar-refractivity contribution in [2.75, 3.05) is 0 Å². The molecule has 2 heterocycles. The molecule has 0 bridgehead atoms. The largest absolute Gasteiger partial charge is 0.290 e. The number of aromatic nitrogens is 6. The highest BCUT2D eigenvalue weighted by Gasteiger charge is 2.18. The van der Waals surface area contributed by atoms with E-state index in [1.54, 1.807) is 6.92 Å². The molecular formula is C12H10ClFN8O2. The van der Waals surface area contributed by atoms with Crippen LogP contribution in [-0.4, -0.2) is 41.6 Å². The lowest BCUT2D eigenvalue weighted by molar-refractivity contribution is 0.234. The number of nitrogens with one attached hydrogen (secondary N) is 1. The Morgan fingerprint density at radius 2 is 2.29 bits per heavy atom. The van der Waals surface area contributed by atoms with Gasteiger partial charge in [-0.1, -0.05) is 16.8 Å². The van der Waals surface area contributed by atoms with E-state index in [0.29, 0.717) is 17.2 Å². The molecular weight excluding hydrogens is 343 g/mol. The molecule has 0 aliphatic rings. The molecule has 0 aliphatic heterocycles. The number of amidine groups is 1. The second kappa shape index (κ2) is 6.68. The zero-order valence-electron chi connectivity index (χ0n) is 12.2. The summed E-state index contributed by atoms with van der Waals surface area (Å²) < 4.78 is 17.9. The van der Waals surface area contributed by atoms with E-state index in [0.717, 1.165) is 6.07 Å². The van der Waals surface area contributed by atoms with E-state index in [1.165, 1.54) is 16.9 Å². The fourth-order valence-electron chi connectivity index (χ4n) is 1.83. The van der Waals surface area contributed by atoms with E-state index in [2.05, 4.69) is 35.3 Å². The zero-order valence-corrected chi connectivity index (χ0v) is 12.9. The summed E-state index contributed by atoms with van der Waals surface area (Å²) in [5.74, 6) is -0.153. The van der Waals surface area contributed by atoms with Gasteiger partial charge in [0.25, 0.3) is 0 Å². The summed E-state index contributed by atoms with van der Waals surface area (Å²) in [6, 6.07) is 3.83. The number of hydrogen-bond acceptors (Lipinski definition) is 8. The molecule has 0 spiro atoms. The van der Waals surface area contributed by atoms with E-state index in [9.17, 15) is 9.60 Å². The molecule has 124 valence electrons. The van der Waals surface area contributed by atoms with Crippen molar-refractivity contribution >= 4 is 23.1 Å². The van der Waals surface area contributed by atoms with Crippen molar-refractivity contribution in [1.29, 1.82) is 0 Å². The van der Waals surface area contributed by atoms with Crippen molar-refractivity contribution in [1.82, 2.24) is 36.0 Å². The first-order valence-electron chi connectivity index (χ1n) is 6.57. The molecule has 3 aromatic rings. The van der Waals surface area contributed by atoms with Gasteiger partial charge in [-0.15, -0.1) is 10.2 Å². The van der Waals surface area contributed by atoms with Crippen molar-refractivity contribution in [3.8, 4) is 0 Å². The van der Waals surface area contributed by atoms with Crippen molar-refractivity contribution in [3.05, 3.63) is 46.3 Å². The Hall–Kier alpha value is -2.92. The molecule has 24 heavy (non-hydrogen) atoms. The maximum Gasteiger partial charge on any atom is 0.182 e. The average molecular weight is 353 g/mol. The number of rotatable bonds is 4. The normalized spacial score (nSPS) is 11.8. The highest BCUT2D eigenvalue weighted by molar-refractivity contribution is 6.31. The van der Waals surface area contributed by atoms with Crippen LogP contribution in [0.1, 0.15) is 17.2 Å². The minimum atomic E-state index is -0.578. The van der Waals surface area contributed by atoms with Crippen molar-refractivity contribution in [2.45, 2.75) is 13.5 Å². The van der Waals surface area contributed by atoms with Crippen LogP contribution in [0.25, 0.3) is 0 Å². The number of halogens is 2. The van der Waals surface area contributed by atoms with Crippen LogP contribution >= 0.6 is 11.6 Å². The van der Waals surface area contributed by atoms with Gasteiger partial charge in [-0.3, -0.25) is 10.7 Å². The third-order valence-electron chi connectivity index (χ3n) is 2.87. The smallest absolute Gasteiger partial charge is 0.182 e. The van der Waals surface area contributed by atoms with Gasteiger partial charge in [0.2, 0.25) is 0 Å². The number of tetrazole rings is 1. The van der Waals surface area contributed by atoms with Gasteiger partial charge in [-0.05, 0) is 35.5 Å². The molecule has 0 saturated carbocycles. The summed E-state index contributed by atoms with van der Waals surface area (Å²) in [5, 5.41) is 28.2. The summed E-state index contributed by atoms with van der Waals surface area (Å²) in [6.45, 7) is 1.79. The Morgan fingerprint density at radius 3 is 2.96 bits per heavy atom. The van der Waals surface area contributed by atoms with Crippen LogP contribution in [0, 0.1) is 12.7 Å². The predicted octanol–water partition coefficient (Wildman–Crippen LogP) is 1.26. The molecule has 0 atom stereocenters. The summed E-state index contributed by atoms with van der Waals surface area (Å²) in [4.78, 5) is 5.39. The quantitative estimate of drug-likeness (QED) is 0.408. The molecule has 2 N–H and O–H groups in total. The summed E-state index contributed by atoms with van der Waals surface area (Å²) in [5.41, 5.74) is 2.64. The zero-order chi connectivity index (χ0) is 17.1. The van der Waals surface area contributed by atoms with Crippen molar-refractivity contribution < 1.29 is 14.2 Å². The number of benzene rings is 1. The Morgan fingerprint density at radius 1 is 1.46 bits per heavy atom. The Balaban J connectivity index is 1.92. The maximum atomic E-state index is 13.2. The minimum Gasteiger partial charge on any atom is -0.290 e. The number of aliphatic imine (C=N–C) groups is 1. The van der Waals surface area contributed by atoms with E-state index in [-0.39, 0.29) is 23.1 Å². The second-order valence-electron chi connectivity index (χ2n) is 4.60.